The third-order valence-corrected chi connectivity index (χ3v) is 4.97. The molecule has 5 nitrogen and oxygen atoms in total. The molecule has 2 aliphatic heterocycles. The Bertz CT molecular complexity index is 609. The van der Waals surface area contributed by atoms with Crippen molar-refractivity contribution < 1.29 is 14.2 Å². The van der Waals surface area contributed by atoms with E-state index in [1.807, 2.05) is 35.2 Å². The highest BCUT2D eigenvalue weighted by Gasteiger charge is 2.51. The molecule has 3 rings (SSSR count). The number of nitrogens with zero attached hydrogens (tertiary/aromatic N) is 2. The molecule has 1 amide bonds. The number of pyridine rings is 1. The molecule has 1 aromatic rings. The lowest BCUT2D eigenvalue weighted by molar-refractivity contribution is -0.689. The molecule has 0 aromatic carbocycles. The first-order valence-corrected chi connectivity index (χ1v) is 7.58. The highest BCUT2D eigenvalue weighted by molar-refractivity contribution is 8.00. The fourth-order valence-electron chi connectivity index (χ4n) is 2.44. The van der Waals surface area contributed by atoms with Gasteiger partial charge in [-0.15, -0.1) is 24.2 Å². The zero-order chi connectivity index (χ0) is 14.3. The minimum Gasteiger partial charge on any atom is -0.317 e. The van der Waals surface area contributed by atoms with Crippen LogP contribution in [0.25, 0.3) is 0 Å². The van der Waals surface area contributed by atoms with Crippen molar-refractivity contribution >= 4 is 46.9 Å². The molecule has 3 heterocycles. The summed E-state index contributed by atoms with van der Waals surface area (Å²) < 4.78 is 1.94. The Hall–Kier alpha value is -1.08. The van der Waals surface area contributed by atoms with E-state index in [1.165, 1.54) is 4.90 Å². The maximum Gasteiger partial charge on any atom is 0.269 e. The van der Waals surface area contributed by atoms with Crippen molar-refractivity contribution in [2.75, 3.05) is 5.75 Å². The van der Waals surface area contributed by atoms with E-state index in [9.17, 15) is 9.59 Å². The number of β-lactam (4-membered cyclic amide) rings is 1. The molecule has 0 bridgehead atoms. The second-order valence-electron chi connectivity index (χ2n) is 4.71. The van der Waals surface area contributed by atoms with Crippen LogP contribution < -0.4 is 10.3 Å². The lowest BCUT2D eigenvalue weighted by Gasteiger charge is -2.47. The van der Waals surface area contributed by atoms with Gasteiger partial charge in [0, 0.05) is 23.5 Å². The Labute approximate surface area is 137 Å². The molecule has 1 saturated heterocycles. The first-order valence-electron chi connectivity index (χ1n) is 6.16. The summed E-state index contributed by atoms with van der Waals surface area (Å²) in [6, 6.07) is 5.21. The van der Waals surface area contributed by atoms with Crippen molar-refractivity contribution in [2.24, 2.45) is 5.73 Å². The van der Waals surface area contributed by atoms with E-state index in [1.54, 1.807) is 11.8 Å². The van der Waals surface area contributed by atoms with E-state index < -0.39 is 11.3 Å². The van der Waals surface area contributed by atoms with Crippen LogP contribution in [-0.4, -0.2) is 33.2 Å². The first-order chi connectivity index (χ1) is 9.59. The number of amides is 1. The number of carbonyl (C=O) groups is 2. The third kappa shape index (κ3) is 2.81. The number of halogens is 2. The largest absolute Gasteiger partial charge is 0.317 e. The van der Waals surface area contributed by atoms with Gasteiger partial charge < -0.3 is 5.73 Å². The highest BCUT2D eigenvalue weighted by Crippen LogP contribution is 2.40. The normalized spacial score (nSPS) is 24.1. The van der Waals surface area contributed by atoms with Crippen LogP contribution in [0.5, 0.6) is 0 Å². The molecule has 2 atom stereocenters. The number of hydrogen-bond acceptors (Lipinski definition) is 4. The number of hydrogen-bond donors (Lipinski definition) is 1. The van der Waals surface area contributed by atoms with E-state index >= 15 is 0 Å². The molecular weight excluding hydrogens is 333 g/mol. The van der Waals surface area contributed by atoms with Crippen LogP contribution in [0.2, 0.25) is 0 Å². The predicted octanol–water partition coefficient (Wildman–Crippen LogP) is 0.658. The maximum atomic E-state index is 11.8. The van der Waals surface area contributed by atoms with Crippen LogP contribution in [0.1, 0.15) is 0 Å². The Balaban J connectivity index is 0.00000161. The van der Waals surface area contributed by atoms with Crippen molar-refractivity contribution in [3.05, 3.63) is 41.9 Å². The zero-order valence-corrected chi connectivity index (χ0v) is 13.3. The highest BCUT2D eigenvalue weighted by atomic mass is 35.5. The Morgan fingerprint density at radius 3 is 2.71 bits per heavy atom. The SMILES string of the molecule is Cl.N[C@@H]1C(=O)N2C(C(=O)Cl)=C(C[n+]3ccccc3)CS[C@@H]12. The summed E-state index contributed by atoms with van der Waals surface area (Å²) in [4.78, 5) is 25.0. The number of aromatic nitrogens is 1. The molecule has 2 N–H and O–H groups in total. The van der Waals surface area contributed by atoms with Crippen LogP contribution in [-0.2, 0) is 16.1 Å². The van der Waals surface area contributed by atoms with Gasteiger partial charge in [0.1, 0.15) is 17.1 Å². The second kappa shape index (κ2) is 6.36. The number of thioether (sulfide) groups is 1. The summed E-state index contributed by atoms with van der Waals surface area (Å²) in [5.41, 5.74) is 6.90. The van der Waals surface area contributed by atoms with E-state index in [4.69, 9.17) is 17.3 Å². The summed E-state index contributed by atoms with van der Waals surface area (Å²) in [5, 5.41) is -0.758. The molecule has 0 unspecified atom stereocenters. The molecule has 112 valence electrons. The number of rotatable bonds is 3. The number of allylic oxidation sites excluding steroid dienone is 1. The monoisotopic (exact) mass is 346 g/mol. The van der Waals surface area contributed by atoms with Gasteiger partial charge in [-0.05, 0) is 11.6 Å². The second-order valence-corrected chi connectivity index (χ2v) is 6.16. The smallest absolute Gasteiger partial charge is 0.269 e. The average molecular weight is 347 g/mol. The van der Waals surface area contributed by atoms with E-state index in [0.29, 0.717) is 18.0 Å². The fraction of sp³-hybridized carbons (Fsp3) is 0.308. The minimum atomic E-state index is -0.595. The minimum absolute atomic E-state index is 0. The summed E-state index contributed by atoms with van der Waals surface area (Å²) in [6.45, 7) is 0.535. The Morgan fingerprint density at radius 2 is 2.10 bits per heavy atom. The van der Waals surface area contributed by atoms with Gasteiger partial charge in [0.2, 0.25) is 5.91 Å². The summed E-state index contributed by atoms with van der Waals surface area (Å²) in [7, 11) is 0. The molecule has 0 aliphatic carbocycles. The van der Waals surface area contributed by atoms with Crippen LogP contribution in [0, 0.1) is 0 Å². The zero-order valence-electron chi connectivity index (χ0n) is 10.9. The van der Waals surface area contributed by atoms with Crippen molar-refractivity contribution in [3.63, 3.8) is 0 Å². The Morgan fingerprint density at radius 1 is 1.43 bits per heavy atom. The molecule has 1 fully saturated rings. The van der Waals surface area contributed by atoms with Gasteiger partial charge in [-0.1, -0.05) is 6.07 Å². The van der Waals surface area contributed by atoms with Gasteiger partial charge >= 0.3 is 0 Å². The quantitative estimate of drug-likeness (QED) is 0.496. The third-order valence-electron chi connectivity index (χ3n) is 3.43. The standard InChI is InChI=1S/C13H13ClN3O2S.ClH/c14-11(18)10-8(6-16-4-2-1-3-5-16)7-20-13-9(15)12(19)17(10)13;/h1-5,9,13H,6-7,15H2;1H/q+1;/t9-,13+;/m1./s1. The first kappa shape index (κ1) is 16.3. The molecule has 0 radical (unpaired) electrons. The summed E-state index contributed by atoms with van der Waals surface area (Å²) >= 11 is 7.25. The van der Waals surface area contributed by atoms with Crippen molar-refractivity contribution in [1.82, 2.24) is 4.90 Å². The van der Waals surface area contributed by atoms with Gasteiger partial charge in [0.05, 0.1) is 0 Å². The van der Waals surface area contributed by atoms with Crippen molar-refractivity contribution in [1.29, 1.82) is 0 Å². The lowest BCUT2D eigenvalue weighted by Crippen LogP contribution is -2.68. The summed E-state index contributed by atoms with van der Waals surface area (Å²) in [6.07, 6.45) is 3.81. The molecule has 0 spiro atoms. The van der Waals surface area contributed by atoms with E-state index in [2.05, 4.69) is 0 Å². The summed E-state index contributed by atoms with van der Waals surface area (Å²) in [5.74, 6) is 0.416. The molecule has 1 aromatic heterocycles. The van der Waals surface area contributed by atoms with Crippen LogP contribution >= 0.6 is 35.8 Å². The number of fused-ring (bicyclic) bond motifs is 1. The van der Waals surface area contributed by atoms with E-state index in [-0.39, 0.29) is 23.7 Å². The fourth-order valence-corrected chi connectivity index (χ4v) is 3.95. The van der Waals surface area contributed by atoms with E-state index in [0.717, 1.165) is 5.57 Å². The van der Waals surface area contributed by atoms with Crippen molar-refractivity contribution in [3.8, 4) is 0 Å². The van der Waals surface area contributed by atoms with Crippen LogP contribution in [0.3, 0.4) is 0 Å². The average Bonchev–Trinajstić information content (AvgIpc) is 2.46. The van der Waals surface area contributed by atoms with Gasteiger partial charge in [-0.25, -0.2) is 4.57 Å². The molecule has 21 heavy (non-hydrogen) atoms. The van der Waals surface area contributed by atoms with Gasteiger partial charge in [0.15, 0.2) is 18.9 Å². The lowest BCUT2D eigenvalue weighted by atomic mass is 10.0. The number of carbonyl (C=O) groups excluding carboxylic acids is 2. The van der Waals surface area contributed by atoms with Crippen LogP contribution in [0.15, 0.2) is 41.9 Å². The predicted molar refractivity (Wildman–Crippen MR) is 82.8 cm³/mol. The Kier molecular flexibility index (Phi) is 4.93. The molecule has 8 heteroatoms. The van der Waals surface area contributed by atoms with Gasteiger partial charge in [-0.3, -0.25) is 14.5 Å². The van der Waals surface area contributed by atoms with Gasteiger partial charge in [0.25, 0.3) is 5.24 Å². The molecular formula is C13H14Cl2N3O2S+. The topological polar surface area (TPSA) is 67.3 Å². The molecule has 0 saturated carbocycles. The maximum absolute atomic E-state index is 11.8. The molecule has 2 aliphatic rings. The number of nitrogens with two attached hydrogens (primary N) is 1. The van der Waals surface area contributed by atoms with Crippen LogP contribution in [0.4, 0.5) is 0 Å². The van der Waals surface area contributed by atoms with Gasteiger partial charge in [-0.2, -0.15) is 0 Å². The van der Waals surface area contributed by atoms with Crippen molar-refractivity contribution in [2.45, 2.75) is 18.0 Å².